The number of sulfone groups is 1. The van der Waals surface area contributed by atoms with Crippen molar-refractivity contribution in [3.8, 4) is 5.75 Å². The first kappa shape index (κ1) is 18.5. The maximum absolute atomic E-state index is 13.4. The molecule has 4 aliphatic carbocycles. The molecule has 1 amide bonds. The van der Waals surface area contributed by atoms with Gasteiger partial charge in [-0.3, -0.25) is 4.79 Å². The first-order valence-electron chi connectivity index (χ1n) is 10.5. The van der Waals surface area contributed by atoms with Crippen molar-refractivity contribution < 1.29 is 17.9 Å². The van der Waals surface area contributed by atoms with E-state index in [2.05, 4.69) is 17.4 Å². The van der Waals surface area contributed by atoms with E-state index in [4.69, 9.17) is 4.74 Å². The molecule has 152 valence electrons. The van der Waals surface area contributed by atoms with Crippen LogP contribution >= 0.6 is 0 Å². The highest BCUT2D eigenvalue weighted by atomic mass is 32.2. The number of carbonyl (C=O) groups excluding carboxylic acids is 1. The minimum absolute atomic E-state index is 0.0788. The van der Waals surface area contributed by atoms with E-state index in [1.807, 2.05) is 12.1 Å². The van der Waals surface area contributed by atoms with Gasteiger partial charge in [0.1, 0.15) is 5.75 Å². The summed E-state index contributed by atoms with van der Waals surface area (Å²) in [4.78, 5) is 13.4. The summed E-state index contributed by atoms with van der Waals surface area (Å²) in [6.45, 7) is 0. The molecule has 1 aromatic carbocycles. The number of methoxy groups -OCH3 is 1. The minimum Gasteiger partial charge on any atom is -0.497 e. The average Bonchev–Trinajstić information content (AvgIpc) is 2.99. The van der Waals surface area contributed by atoms with Crippen LogP contribution in [0.5, 0.6) is 5.75 Å². The number of rotatable bonds is 4. The van der Waals surface area contributed by atoms with Crippen molar-refractivity contribution in [2.24, 2.45) is 17.3 Å². The predicted octanol–water partition coefficient (Wildman–Crippen LogP) is 2.84. The van der Waals surface area contributed by atoms with E-state index < -0.39 is 9.84 Å². The molecule has 4 bridgehead atoms. The van der Waals surface area contributed by atoms with Crippen LogP contribution in [0.25, 0.3) is 0 Å². The summed E-state index contributed by atoms with van der Waals surface area (Å²) in [6.07, 6.45) is 6.96. The van der Waals surface area contributed by atoms with Gasteiger partial charge in [0.05, 0.1) is 24.0 Å². The molecule has 5 aliphatic rings. The number of hydrogen-bond acceptors (Lipinski definition) is 4. The van der Waals surface area contributed by atoms with Crippen molar-refractivity contribution in [3.63, 3.8) is 0 Å². The Labute approximate surface area is 167 Å². The van der Waals surface area contributed by atoms with Crippen LogP contribution in [0.4, 0.5) is 0 Å². The molecule has 1 heterocycles. The van der Waals surface area contributed by atoms with Crippen molar-refractivity contribution >= 4 is 15.7 Å². The third kappa shape index (κ3) is 2.95. The van der Waals surface area contributed by atoms with Crippen LogP contribution in [0.15, 0.2) is 24.3 Å². The van der Waals surface area contributed by atoms with Crippen molar-refractivity contribution in [1.82, 2.24) is 5.32 Å². The van der Waals surface area contributed by atoms with E-state index in [1.54, 1.807) is 7.11 Å². The fraction of sp³-hybridized carbons (Fsp3) is 0.682. The topological polar surface area (TPSA) is 72.5 Å². The summed E-state index contributed by atoms with van der Waals surface area (Å²) in [5.41, 5.74) is 1.09. The Kier molecular flexibility index (Phi) is 4.10. The molecule has 0 spiro atoms. The molecule has 5 nitrogen and oxygen atoms in total. The number of amides is 1. The highest BCUT2D eigenvalue weighted by Gasteiger charge is 2.61. The van der Waals surface area contributed by atoms with Gasteiger partial charge < -0.3 is 10.1 Å². The largest absolute Gasteiger partial charge is 0.497 e. The minimum atomic E-state index is -2.99. The van der Waals surface area contributed by atoms with Gasteiger partial charge >= 0.3 is 0 Å². The second-order valence-electron chi connectivity index (χ2n) is 9.82. The standard InChI is InChI=1S/C22H29NO4S/c1-27-19-4-2-17(3-5-19)21-9-15-8-16(10-21)12-22(11-15,14-21)20(24)23-18-6-7-28(25,26)13-18/h2-5,15-16,18H,6-14H2,1H3,(H,23,24)/t15-,16-,18+,21?,22?/m1/s1. The van der Waals surface area contributed by atoms with Gasteiger partial charge in [-0.2, -0.15) is 0 Å². The monoisotopic (exact) mass is 403 g/mol. The van der Waals surface area contributed by atoms with Gasteiger partial charge in [-0.15, -0.1) is 0 Å². The van der Waals surface area contributed by atoms with Gasteiger partial charge in [0.2, 0.25) is 5.91 Å². The molecule has 28 heavy (non-hydrogen) atoms. The number of ether oxygens (including phenoxy) is 1. The van der Waals surface area contributed by atoms with Crippen molar-refractivity contribution in [1.29, 1.82) is 0 Å². The van der Waals surface area contributed by atoms with E-state index in [9.17, 15) is 13.2 Å². The Morgan fingerprint density at radius 2 is 1.79 bits per heavy atom. The van der Waals surface area contributed by atoms with Crippen LogP contribution in [0.3, 0.4) is 0 Å². The van der Waals surface area contributed by atoms with Gasteiger partial charge in [-0.1, -0.05) is 12.1 Å². The average molecular weight is 404 g/mol. The van der Waals surface area contributed by atoms with Crippen molar-refractivity contribution in [2.75, 3.05) is 18.6 Å². The van der Waals surface area contributed by atoms with Gasteiger partial charge in [0.15, 0.2) is 9.84 Å². The van der Waals surface area contributed by atoms with Crippen LogP contribution in [-0.4, -0.2) is 39.0 Å². The number of carbonyl (C=O) groups is 1. The lowest BCUT2D eigenvalue weighted by molar-refractivity contribution is -0.149. The Morgan fingerprint density at radius 1 is 1.11 bits per heavy atom. The first-order valence-corrected chi connectivity index (χ1v) is 12.3. The zero-order valence-corrected chi connectivity index (χ0v) is 17.3. The molecule has 0 radical (unpaired) electrons. The van der Waals surface area contributed by atoms with Crippen LogP contribution in [-0.2, 0) is 20.0 Å². The quantitative estimate of drug-likeness (QED) is 0.839. The third-order valence-corrected chi connectivity index (χ3v) is 9.58. The predicted molar refractivity (Wildman–Crippen MR) is 107 cm³/mol. The van der Waals surface area contributed by atoms with Gasteiger partial charge in [0.25, 0.3) is 0 Å². The summed E-state index contributed by atoms with van der Waals surface area (Å²) >= 11 is 0. The lowest BCUT2D eigenvalue weighted by Gasteiger charge is -2.61. The van der Waals surface area contributed by atoms with Crippen LogP contribution in [0.1, 0.15) is 50.5 Å². The van der Waals surface area contributed by atoms with E-state index in [0.717, 1.165) is 25.0 Å². The molecule has 1 saturated heterocycles. The molecule has 3 atom stereocenters. The molecule has 5 fully saturated rings. The first-order chi connectivity index (χ1) is 13.3. The van der Waals surface area contributed by atoms with Crippen LogP contribution in [0.2, 0.25) is 0 Å². The smallest absolute Gasteiger partial charge is 0.226 e. The van der Waals surface area contributed by atoms with E-state index in [1.165, 1.54) is 24.8 Å². The second kappa shape index (κ2) is 6.22. The molecule has 0 unspecified atom stereocenters. The Bertz CT molecular complexity index is 878. The molecule has 4 saturated carbocycles. The maximum Gasteiger partial charge on any atom is 0.226 e. The fourth-order valence-electron chi connectivity index (χ4n) is 7.06. The fourth-order valence-corrected chi connectivity index (χ4v) is 8.73. The molecule has 1 N–H and O–H groups in total. The zero-order valence-electron chi connectivity index (χ0n) is 16.4. The summed E-state index contributed by atoms with van der Waals surface area (Å²) in [6, 6.07) is 8.22. The second-order valence-corrected chi connectivity index (χ2v) is 12.1. The number of benzene rings is 1. The maximum atomic E-state index is 13.4. The SMILES string of the molecule is COc1ccc(C23C[C@H]4C[C@@H](CC(C(=O)N[C@H]5CCS(=O)(=O)C5)(C4)C2)C3)cc1. The zero-order chi connectivity index (χ0) is 19.6. The molecule has 1 aromatic rings. The van der Waals surface area contributed by atoms with Gasteiger partial charge in [-0.25, -0.2) is 8.42 Å². The molecular formula is C22H29NO4S. The highest BCUT2D eigenvalue weighted by molar-refractivity contribution is 7.91. The summed E-state index contributed by atoms with van der Waals surface area (Å²) in [5, 5.41) is 3.14. The van der Waals surface area contributed by atoms with Gasteiger partial charge in [-0.05, 0) is 79.9 Å². The Morgan fingerprint density at radius 3 is 2.36 bits per heavy atom. The van der Waals surface area contributed by atoms with Crippen molar-refractivity contribution in [3.05, 3.63) is 29.8 Å². The van der Waals surface area contributed by atoms with E-state index in [0.29, 0.717) is 18.3 Å². The highest BCUT2D eigenvalue weighted by Crippen LogP contribution is 2.65. The van der Waals surface area contributed by atoms with Crippen LogP contribution < -0.4 is 10.1 Å². The van der Waals surface area contributed by atoms with E-state index >= 15 is 0 Å². The molecule has 6 rings (SSSR count). The molecular weight excluding hydrogens is 374 g/mol. The lowest BCUT2D eigenvalue weighted by Crippen LogP contribution is -2.60. The number of hydrogen-bond donors (Lipinski definition) is 1. The van der Waals surface area contributed by atoms with Crippen molar-refractivity contribution in [2.45, 2.75) is 56.4 Å². The molecule has 6 heteroatoms. The summed E-state index contributed by atoms with van der Waals surface area (Å²) in [7, 11) is -1.30. The third-order valence-electron chi connectivity index (χ3n) is 7.81. The van der Waals surface area contributed by atoms with E-state index in [-0.39, 0.29) is 34.3 Å². The summed E-state index contributed by atoms with van der Waals surface area (Å²) in [5.74, 6) is 2.48. The Balaban J connectivity index is 1.42. The van der Waals surface area contributed by atoms with Gasteiger partial charge in [0, 0.05) is 6.04 Å². The summed E-state index contributed by atoms with van der Waals surface area (Å²) < 4.78 is 28.9. The molecule has 0 aromatic heterocycles. The Hall–Kier alpha value is -1.56. The van der Waals surface area contributed by atoms with Crippen LogP contribution in [0, 0.1) is 17.3 Å². The molecule has 1 aliphatic heterocycles. The number of nitrogens with one attached hydrogen (secondary N) is 1. The lowest BCUT2D eigenvalue weighted by atomic mass is 9.42. The normalized spacial score (nSPS) is 40.4.